The molecule has 2 unspecified atom stereocenters. The molecule has 0 aromatic rings. The number of ether oxygens (including phenoxy) is 1. The zero-order chi connectivity index (χ0) is 12.5. The van der Waals surface area contributed by atoms with E-state index >= 15 is 0 Å². The van der Waals surface area contributed by atoms with Crippen LogP contribution in [0.4, 0.5) is 0 Å². The Balaban J connectivity index is 1.98. The second-order valence-electron chi connectivity index (χ2n) is 5.62. The smallest absolute Gasteiger partial charge is 0.0594 e. The topological polar surface area (TPSA) is 38.5 Å². The first-order chi connectivity index (χ1) is 8.22. The van der Waals surface area contributed by atoms with E-state index in [9.17, 15) is 0 Å². The molecular weight excluding hydrogens is 212 g/mol. The molecule has 1 aliphatic heterocycles. The maximum absolute atomic E-state index is 5.63. The Hall–Kier alpha value is -0.120. The van der Waals surface area contributed by atoms with E-state index in [4.69, 9.17) is 10.5 Å². The van der Waals surface area contributed by atoms with Gasteiger partial charge in [0.05, 0.1) is 13.2 Å². The zero-order valence-electron chi connectivity index (χ0n) is 11.7. The number of nitrogens with zero attached hydrogens (tertiary/aromatic N) is 1. The molecular formula is C14H30N2O. The Bertz CT molecular complexity index is 181. The lowest BCUT2D eigenvalue weighted by atomic mass is 9.96. The SMILES string of the molecule is CC(CN)CCCC(C)CCN1CCOCC1. The van der Waals surface area contributed by atoms with Crippen molar-refractivity contribution in [2.24, 2.45) is 17.6 Å². The highest BCUT2D eigenvalue weighted by Gasteiger charge is 2.11. The second kappa shape index (κ2) is 8.90. The van der Waals surface area contributed by atoms with Crippen LogP contribution in [0.2, 0.25) is 0 Å². The normalized spacial score (nSPS) is 21.4. The van der Waals surface area contributed by atoms with Gasteiger partial charge in [-0.3, -0.25) is 4.90 Å². The molecule has 1 aliphatic rings. The Morgan fingerprint density at radius 2 is 1.71 bits per heavy atom. The number of hydrogen-bond donors (Lipinski definition) is 1. The first kappa shape index (κ1) is 14.9. The fourth-order valence-electron chi connectivity index (χ4n) is 2.30. The summed E-state index contributed by atoms with van der Waals surface area (Å²) in [6.07, 6.45) is 5.31. The number of nitrogens with two attached hydrogens (primary N) is 1. The van der Waals surface area contributed by atoms with Crippen molar-refractivity contribution in [3.8, 4) is 0 Å². The molecule has 1 fully saturated rings. The van der Waals surface area contributed by atoms with E-state index in [-0.39, 0.29) is 0 Å². The molecule has 1 heterocycles. The van der Waals surface area contributed by atoms with Crippen LogP contribution in [0.5, 0.6) is 0 Å². The number of rotatable bonds is 8. The largest absolute Gasteiger partial charge is 0.379 e. The Kier molecular flexibility index (Phi) is 7.82. The van der Waals surface area contributed by atoms with Crippen LogP contribution in [0.25, 0.3) is 0 Å². The molecule has 2 atom stereocenters. The molecule has 17 heavy (non-hydrogen) atoms. The summed E-state index contributed by atoms with van der Waals surface area (Å²) in [5.74, 6) is 1.55. The van der Waals surface area contributed by atoms with Crippen molar-refractivity contribution < 1.29 is 4.74 Å². The summed E-state index contributed by atoms with van der Waals surface area (Å²) in [5.41, 5.74) is 5.63. The first-order valence-corrected chi connectivity index (χ1v) is 7.22. The van der Waals surface area contributed by atoms with E-state index in [0.29, 0.717) is 5.92 Å². The summed E-state index contributed by atoms with van der Waals surface area (Å²) >= 11 is 0. The van der Waals surface area contributed by atoms with Gasteiger partial charge in [0.2, 0.25) is 0 Å². The van der Waals surface area contributed by atoms with Crippen LogP contribution >= 0.6 is 0 Å². The third kappa shape index (κ3) is 7.02. The van der Waals surface area contributed by atoms with Crippen LogP contribution in [0.3, 0.4) is 0 Å². The minimum atomic E-state index is 0.696. The molecule has 0 spiro atoms. The van der Waals surface area contributed by atoms with E-state index in [2.05, 4.69) is 18.7 Å². The van der Waals surface area contributed by atoms with E-state index in [1.807, 2.05) is 0 Å². The molecule has 0 bridgehead atoms. The summed E-state index contributed by atoms with van der Waals surface area (Å²) in [5, 5.41) is 0. The molecule has 1 rings (SSSR count). The van der Waals surface area contributed by atoms with Crippen LogP contribution in [0.15, 0.2) is 0 Å². The number of hydrogen-bond acceptors (Lipinski definition) is 3. The van der Waals surface area contributed by atoms with Gasteiger partial charge >= 0.3 is 0 Å². The van der Waals surface area contributed by atoms with Gasteiger partial charge in [0.1, 0.15) is 0 Å². The van der Waals surface area contributed by atoms with E-state index in [1.165, 1.54) is 32.2 Å². The predicted octanol–water partition coefficient (Wildman–Crippen LogP) is 2.11. The lowest BCUT2D eigenvalue weighted by Gasteiger charge is -2.27. The molecule has 2 N–H and O–H groups in total. The van der Waals surface area contributed by atoms with Crippen molar-refractivity contribution in [1.82, 2.24) is 4.90 Å². The fourth-order valence-corrected chi connectivity index (χ4v) is 2.30. The van der Waals surface area contributed by atoms with Crippen LogP contribution in [0, 0.1) is 11.8 Å². The van der Waals surface area contributed by atoms with Crippen molar-refractivity contribution >= 4 is 0 Å². The zero-order valence-corrected chi connectivity index (χ0v) is 11.7. The quantitative estimate of drug-likeness (QED) is 0.708. The molecule has 102 valence electrons. The lowest BCUT2D eigenvalue weighted by Crippen LogP contribution is -2.37. The molecule has 0 saturated carbocycles. The highest BCUT2D eigenvalue weighted by atomic mass is 16.5. The van der Waals surface area contributed by atoms with Crippen molar-refractivity contribution in [3.63, 3.8) is 0 Å². The van der Waals surface area contributed by atoms with Crippen molar-refractivity contribution in [2.45, 2.75) is 39.5 Å². The Morgan fingerprint density at radius 3 is 2.35 bits per heavy atom. The third-order valence-electron chi connectivity index (χ3n) is 3.84. The van der Waals surface area contributed by atoms with E-state index in [1.54, 1.807) is 0 Å². The molecule has 1 saturated heterocycles. The van der Waals surface area contributed by atoms with Gasteiger partial charge in [0.15, 0.2) is 0 Å². The molecule has 0 aromatic heterocycles. The Labute approximate surface area is 107 Å². The molecule has 0 radical (unpaired) electrons. The van der Waals surface area contributed by atoms with Gasteiger partial charge in [0, 0.05) is 13.1 Å². The van der Waals surface area contributed by atoms with Crippen LogP contribution in [-0.4, -0.2) is 44.3 Å². The third-order valence-corrected chi connectivity index (χ3v) is 3.84. The van der Waals surface area contributed by atoms with Gasteiger partial charge in [-0.1, -0.05) is 26.7 Å². The first-order valence-electron chi connectivity index (χ1n) is 7.22. The predicted molar refractivity (Wildman–Crippen MR) is 73.1 cm³/mol. The number of morpholine rings is 1. The summed E-state index contributed by atoms with van der Waals surface area (Å²) in [4.78, 5) is 2.53. The monoisotopic (exact) mass is 242 g/mol. The minimum absolute atomic E-state index is 0.696. The minimum Gasteiger partial charge on any atom is -0.379 e. The van der Waals surface area contributed by atoms with Crippen LogP contribution < -0.4 is 5.73 Å². The second-order valence-corrected chi connectivity index (χ2v) is 5.62. The van der Waals surface area contributed by atoms with Crippen LogP contribution in [-0.2, 0) is 4.74 Å². The van der Waals surface area contributed by atoms with Gasteiger partial charge in [-0.05, 0) is 37.8 Å². The fraction of sp³-hybridized carbons (Fsp3) is 1.00. The van der Waals surface area contributed by atoms with Crippen molar-refractivity contribution in [1.29, 1.82) is 0 Å². The molecule has 3 nitrogen and oxygen atoms in total. The highest BCUT2D eigenvalue weighted by Crippen LogP contribution is 2.15. The van der Waals surface area contributed by atoms with Gasteiger partial charge in [-0.25, -0.2) is 0 Å². The lowest BCUT2D eigenvalue weighted by molar-refractivity contribution is 0.0355. The maximum atomic E-state index is 5.63. The highest BCUT2D eigenvalue weighted by molar-refractivity contribution is 4.64. The van der Waals surface area contributed by atoms with Crippen molar-refractivity contribution in [3.05, 3.63) is 0 Å². The molecule has 0 aromatic carbocycles. The van der Waals surface area contributed by atoms with Gasteiger partial charge < -0.3 is 10.5 Å². The summed E-state index contributed by atoms with van der Waals surface area (Å²) in [7, 11) is 0. The standard InChI is InChI=1S/C14H30N2O/c1-13(4-3-5-14(2)12-15)6-7-16-8-10-17-11-9-16/h13-14H,3-12,15H2,1-2H3. The average Bonchev–Trinajstić information content (AvgIpc) is 2.37. The summed E-state index contributed by atoms with van der Waals surface area (Å²) in [6.45, 7) is 10.8. The van der Waals surface area contributed by atoms with Gasteiger partial charge in [-0.15, -0.1) is 0 Å². The summed E-state index contributed by atoms with van der Waals surface area (Å²) in [6, 6.07) is 0. The summed E-state index contributed by atoms with van der Waals surface area (Å²) < 4.78 is 5.36. The van der Waals surface area contributed by atoms with Gasteiger partial charge in [-0.2, -0.15) is 0 Å². The molecule has 0 aliphatic carbocycles. The Morgan fingerprint density at radius 1 is 1.06 bits per heavy atom. The van der Waals surface area contributed by atoms with E-state index < -0.39 is 0 Å². The van der Waals surface area contributed by atoms with Crippen molar-refractivity contribution in [2.75, 3.05) is 39.4 Å². The van der Waals surface area contributed by atoms with Crippen LogP contribution in [0.1, 0.15) is 39.5 Å². The maximum Gasteiger partial charge on any atom is 0.0594 e. The average molecular weight is 242 g/mol. The molecule has 3 heteroatoms. The van der Waals surface area contributed by atoms with Gasteiger partial charge in [0.25, 0.3) is 0 Å². The molecule has 0 amide bonds. The van der Waals surface area contributed by atoms with E-state index in [0.717, 1.165) is 38.8 Å².